The SMILES string of the molecule is Cc1cc(NCc2cccc(Cn3ccnc3C)c2)c(Cl)cc1[N+](=O)[O-]. The minimum atomic E-state index is -0.424. The molecule has 1 N–H and O–H groups in total. The smallest absolute Gasteiger partial charge is 0.273 e. The van der Waals surface area contributed by atoms with E-state index in [-0.39, 0.29) is 5.69 Å². The summed E-state index contributed by atoms with van der Waals surface area (Å²) in [5.74, 6) is 0.974. The van der Waals surface area contributed by atoms with Crippen molar-refractivity contribution >= 4 is 23.0 Å². The predicted molar refractivity (Wildman–Crippen MR) is 103 cm³/mol. The minimum Gasteiger partial charge on any atom is -0.380 e. The summed E-state index contributed by atoms with van der Waals surface area (Å²) in [7, 11) is 0. The molecule has 0 saturated carbocycles. The molecule has 0 radical (unpaired) electrons. The number of halogens is 1. The van der Waals surface area contributed by atoms with Crippen LogP contribution < -0.4 is 5.32 Å². The van der Waals surface area contributed by atoms with E-state index in [4.69, 9.17) is 11.6 Å². The number of nitrogens with one attached hydrogen (secondary N) is 1. The van der Waals surface area contributed by atoms with Crippen molar-refractivity contribution in [2.75, 3.05) is 5.32 Å². The maximum Gasteiger partial charge on any atom is 0.273 e. The Labute approximate surface area is 156 Å². The minimum absolute atomic E-state index is 0.0262. The third kappa shape index (κ3) is 4.03. The molecule has 3 rings (SSSR count). The second-order valence-corrected chi connectivity index (χ2v) is 6.56. The van der Waals surface area contributed by atoms with E-state index in [0.717, 1.165) is 17.9 Å². The molecular weight excluding hydrogens is 352 g/mol. The van der Waals surface area contributed by atoms with Gasteiger partial charge in [0.25, 0.3) is 5.69 Å². The highest BCUT2D eigenvalue weighted by Gasteiger charge is 2.14. The first kappa shape index (κ1) is 17.9. The van der Waals surface area contributed by atoms with Crippen LogP contribution in [0.3, 0.4) is 0 Å². The number of hydrogen-bond acceptors (Lipinski definition) is 4. The number of anilines is 1. The van der Waals surface area contributed by atoms with E-state index in [1.807, 2.05) is 25.3 Å². The number of imidazole rings is 1. The Kier molecular flexibility index (Phi) is 5.23. The molecule has 3 aromatic rings. The Balaban J connectivity index is 1.72. The van der Waals surface area contributed by atoms with Crippen LogP contribution in [0, 0.1) is 24.0 Å². The van der Waals surface area contributed by atoms with E-state index >= 15 is 0 Å². The van der Waals surface area contributed by atoms with Gasteiger partial charge in [-0.15, -0.1) is 0 Å². The molecule has 0 aliphatic heterocycles. The number of nitro groups is 1. The molecule has 1 heterocycles. The molecule has 0 aliphatic rings. The standard InChI is InChI=1S/C19H19ClN4O2/c1-13-8-18(17(20)10-19(13)24(25)26)22-11-15-4-3-5-16(9-15)12-23-7-6-21-14(23)2/h3-10,22H,11-12H2,1-2H3. The second kappa shape index (κ2) is 7.58. The summed E-state index contributed by atoms with van der Waals surface area (Å²) < 4.78 is 2.09. The van der Waals surface area contributed by atoms with Crippen molar-refractivity contribution in [3.05, 3.63) is 86.4 Å². The van der Waals surface area contributed by atoms with Gasteiger partial charge in [-0.3, -0.25) is 10.1 Å². The van der Waals surface area contributed by atoms with E-state index in [9.17, 15) is 10.1 Å². The summed E-state index contributed by atoms with van der Waals surface area (Å²) in [6.07, 6.45) is 3.75. The van der Waals surface area contributed by atoms with Gasteiger partial charge >= 0.3 is 0 Å². The summed E-state index contributed by atoms with van der Waals surface area (Å²) in [5.41, 5.74) is 3.57. The summed E-state index contributed by atoms with van der Waals surface area (Å²) >= 11 is 6.18. The first-order chi connectivity index (χ1) is 12.4. The molecular formula is C19H19ClN4O2. The van der Waals surface area contributed by atoms with Crippen LogP contribution >= 0.6 is 11.6 Å². The molecule has 0 bridgehead atoms. The predicted octanol–water partition coefficient (Wildman–Crippen LogP) is 4.72. The summed E-state index contributed by atoms with van der Waals surface area (Å²) in [5, 5.41) is 14.6. The highest BCUT2D eigenvalue weighted by Crippen LogP contribution is 2.30. The molecule has 1 aromatic heterocycles. The first-order valence-electron chi connectivity index (χ1n) is 8.18. The van der Waals surface area contributed by atoms with Crippen LogP contribution in [-0.2, 0) is 13.1 Å². The third-order valence-corrected chi connectivity index (χ3v) is 4.55. The van der Waals surface area contributed by atoms with Crippen LogP contribution in [0.25, 0.3) is 0 Å². The first-order valence-corrected chi connectivity index (χ1v) is 8.56. The summed E-state index contributed by atoms with van der Waals surface area (Å²) in [4.78, 5) is 14.8. The van der Waals surface area contributed by atoms with Gasteiger partial charge in [-0.2, -0.15) is 0 Å². The van der Waals surface area contributed by atoms with Gasteiger partial charge in [-0.1, -0.05) is 35.9 Å². The van der Waals surface area contributed by atoms with Gasteiger partial charge in [0, 0.05) is 37.1 Å². The van der Waals surface area contributed by atoms with Crippen molar-refractivity contribution in [3.8, 4) is 0 Å². The van der Waals surface area contributed by atoms with Crippen molar-refractivity contribution in [2.45, 2.75) is 26.9 Å². The zero-order valence-corrected chi connectivity index (χ0v) is 15.3. The number of aryl methyl sites for hydroxylation is 2. The molecule has 0 spiro atoms. The Hall–Kier alpha value is -2.86. The molecule has 134 valence electrons. The van der Waals surface area contributed by atoms with Gasteiger partial charge in [-0.25, -0.2) is 4.98 Å². The zero-order valence-electron chi connectivity index (χ0n) is 14.6. The van der Waals surface area contributed by atoms with Crippen LogP contribution in [-0.4, -0.2) is 14.5 Å². The average Bonchev–Trinajstić information content (AvgIpc) is 3.00. The lowest BCUT2D eigenvalue weighted by Crippen LogP contribution is -2.04. The van der Waals surface area contributed by atoms with Gasteiger partial charge < -0.3 is 9.88 Å². The lowest BCUT2D eigenvalue weighted by atomic mass is 10.1. The number of hydrogen-bond donors (Lipinski definition) is 1. The fourth-order valence-corrected chi connectivity index (χ4v) is 3.03. The second-order valence-electron chi connectivity index (χ2n) is 6.15. The normalized spacial score (nSPS) is 10.7. The van der Waals surface area contributed by atoms with E-state index in [0.29, 0.717) is 22.8 Å². The fraction of sp³-hybridized carbons (Fsp3) is 0.211. The number of nitro benzene ring substituents is 1. The quantitative estimate of drug-likeness (QED) is 0.503. The third-order valence-electron chi connectivity index (χ3n) is 4.23. The van der Waals surface area contributed by atoms with E-state index < -0.39 is 4.92 Å². The molecule has 0 fully saturated rings. The molecule has 26 heavy (non-hydrogen) atoms. The van der Waals surface area contributed by atoms with Crippen LogP contribution in [0.4, 0.5) is 11.4 Å². The lowest BCUT2D eigenvalue weighted by molar-refractivity contribution is -0.385. The highest BCUT2D eigenvalue weighted by molar-refractivity contribution is 6.33. The maximum absolute atomic E-state index is 11.0. The Bertz CT molecular complexity index is 952. The largest absolute Gasteiger partial charge is 0.380 e. The monoisotopic (exact) mass is 370 g/mol. The zero-order chi connectivity index (χ0) is 18.7. The van der Waals surface area contributed by atoms with Gasteiger partial charge in [0.2, 0.25) is 0 Å². The molecule has 6 nitrogen and oxygen atoms in total. The molecule has 2 aromatic carbocycles. The van der Waals surface area contributed by atoms with Crippen molar-refractivity contribution in [1.29, 1.82) is 0 Å². The summed E-state index contributed by atoms with van der Waals surface area (Å²) in [6.45, 7) is 5.02. The Morgan fingerprint density at radius 1 is 1.23 bits per heavy atom. The van der Waals surface area contributed by atoms with Gasteiger partial charge in [0.1, 0.15) is 5.82 Å². The maximum atomic E-state index is 11.0. The molecule has 7 heteroatoms. The molecule has 0 atom stereocenters. The van der Waals surface area contributed by atoms with Crippen LogP contribution in [0.2, 0.25) is 5.02 Å². The topological polar surface area (TPSA) is 73.0 Å². The van der Waals surface area contributed by atoms with Crippen molar-refractivity contribution in [1.82, 2.24) is 9.55 Å². The van der Waals surface area contributed by atoms with Crippen molar-refractivity contribution in [2.24, 2.45) is 0 Å². The molecule has 0 unspecified atom stereocenters. The number of benzene rings is 2. The van der Waals surface area contributed by atoms with Crippen molar-refractivity contribution < 1.29 is 4.92 Å². The lowest BCUT2D eigenvalue weighted by Gasteiger charge is -2.11. The number of nitrogens with zero attached hydrogens (tertiary/aromatic N) is 3. The average molecular weight is 371 g/mol. The highest BCUT2D eigenvalue weighted by atomic mass is 35.5. The summed E-state index contributed by atoms with van der Waals surface area (Å²) in [6, 6.07) is 11.3. The van der Waals surface area contributed by atoms with E-state index in [2.05, 4.69) is 27.0 Å². The fourth-order valence-electron chi connectivity index (χ4n) is 2.81. The van der Waals surface area contributed by atoms with Crippen LogP contribution in [0.5, 0.6) is 0 Å². The van der Waals surface area contributed by atoms with Crippen LogP contribution in [0.15, 0.2) is 48.8 Å². The molecule has 0 saturated heterocycles. The Morgan fingerprint density at radius 3 is 2.69 bits per heavy atom. The molecule has 0 amide bonds. The van der Waals surface area contributed by atoms with E-state index in [1.165, 1.54) is 11.6 Å². The molecule has 0 aliphatic carbocycles. The van der Waals surface area contributed by atoms with Crippen molar-refractivity contribution in [3.63, 3.8) is 0 Å². The van der Waals surface area contributed by atoms with Gasteiger partial charge in [0.05, 0.1) is 15.6 Å². The van der Waals surface area contributed by atoms with Gasteiger partial charge in [0.15, 0.2) is 0 Å². The Morgan fingerprint density at radius 2 is 2.00 bits per heavy atom. The number of rotatable bonds is 6. The van der Waals surface area contributed by atoms with Crippen LogP contribution in [0.1, 0.15) is 22.5 Å². The van der Waals surface area contributed by atoms with Gasteiger partial charge in [-0.05, 0) is 31.0 Å². The number of aromatic nitrogens is 2. The van der Waals surface area contributed by atoms with E-state index in [1.54, 1.807) is 19.2 Å².